The minimum absolute atomic E-state index is 0.00586. The SMILES string of the molecule is COc1cc2ncnc(NCc3cccc(C(F)F)c3F)c2cc1P1CCN(S(C)=O)CC1. The van der Waals surface area contributed by atoms with Gasteiger partial charge in [0.1, 0.15) is 23.7 Å². The maximum atomic E-state index is 14.4. The van der Waals surface area contributed by atoms with Crippen LogP contribution in [0.15, 0.2) is 36.7 Å². The summed E-state index contributed by atoms with van der Waals surface area (Å²) in [4.78, 5) is 8.65. The molecule has 0 aliphatic carbocycles. The minimum Gasteiger partial charge on any atom is -0.496 e. The van der Waals surface area contributed by atoms with Gasteiger partial charge in [0.15, 0.2) is 0 Å². The van der Waals surface area contributed by atoms with Crippen LogP contribution in [0.1, 0.15) is 17.6 Å². The second-order valence-corrected chi connectivity index (χ2v) is 11.4. The van der Waals surface area contributed by atoms with E-state index in [4.69, 9.17) is 4.74 Å². The number of fused-ring (bicyclic) bond motifs is 1. The Hall–Kier alpha value is -2.29. The molecule has 0 bridgehead atoms. The van der Waals surface area contributed by atoms with Gasteiger partial charge in [-0.25, -0.2) is 31.7 Å². The predicted molar refractivity (Wildman–Crippen MR) is 127 cm³/mol. The monoisotopic (exact) mass is 496 g/mol. The Morgan fingerprint density at radius 2 is 2.00 bits per heavy atom. The first-order chi connectivity index (χ1) is 15.9. The second-order valence-electron chi connectivity index (χ2n) is 7.58. The lowest BCUT2D eigenvalue weighted by atomic mass is 10.1. The Kier molecular flexibility index (Phi) is 7.46. The molecular weight excluding hydrogens is 472 g/mol. The van der Waals surface area contributed by atoms with Gasteiger partial charge < -0.3 is 10.1 Å². The number of nitrogens with zero attached hydrogens (tertiary/aromatic N) is 3. The highest BCUT2D eigenvalue weighted by Gasteiger charge is 2.25. The largest absolute Gasteiger partial charge is 0.496 e. The van der Waals surface area contributed by atoms with E-state index in [9.17, 15) is 17.4 Å². The van der Waals surface area contributed by atoms with Crippen molar-refractivity contribution in [1.82, 2.24) is 14.3 Å². The molecule has 0 saturated carbocycles. The molecule has 4 rings (SSSR count). The van der Waals surface area contributed by atoms with E-state index < -0.39 is 36.7 Å². The van der Waals surface area contributed by atoms with Crippen LogP contribution in [0.25, 0.3) is 10.9 Å². The molecule has 2 heterocycles. The fraction of sp³-hybridized carbons (Fsp3) is 0.364. The highest BCUT2D eigenvalue weighted by molar-refractivity contribution is 7.82. The van der Waals surface area contributed by atoms with Crippen LogP contribution in [0, 0.1) is 5.82 Å². The van der Waals surface area contributed by atoms with E-state index in [0.717, 1.165) is 47.9 Å². The molecule has 3 aromatic rings. The van der Waals surface area contributed by atoms with Crippen molar-refractivity contribution < 1.29 is 22.1 Å². The first-order valence-corrected chi connectivity index (χ1v) is 13.6. The number of hydrogen-bond acceptors (Lipinski definition) is 5. The van der Waals surface area contributed by atoms with Gasteiger partial charge >= 0.3 is 0 Å². The van der Waals surface area contributed by atoms with Gasteiger partial charge in [-0.3, -0.25) is 0 Å². The van der Waals surface area contributed by atoms with Gasteiger partial charge in [-0.05, 0) is 18.4 Å². The highest BCUT2D eigenvalue weighted by atomic mass is 32.2. The molecule has 176 valence electrons. The van der Waals surface area contributed by atoms with Crippen LogP contribution in [0.2, 0.25) is 0 Å². The van der Waals surface area contributed by atoms with Gasteiger partial charge in [-0.1, -0.05) is 26.1 Å². The standard InChI is InChI=1S/C22H24F3N4O2PS/c1-31-18-11-17-16(10-19(18)32-8-6-29(7-9-32)33(2)30)22(28-13-27-17)26-12-14-4-3-5-15(20(14)23)21(24)25/h3-5,10-11,13,21H,6-9,12H2,1-2H3,(H,26,27,28). The lowest BCUT2D eigenvalue weighted by Crippen LogP contribution is -2.36. The maximum absolute atomic E-state index is 14.4. The van der Waals surface area contributed by atoms with Gasteiger partial charge in [0.05, 0.1) is 29.2 Å². The number of methoxy groups -OCH3 is 1. The Labute approximate surface area is 193 Å². The first-order valence-electron chi connectivity index (χ1n) is 10.3. The summed E-state index contributed by atoms with van der Waals surface area (Å²) in [6, 6.07) is 7.85. The number of alkyl halides is 2. The van der Waals surface area contributed by atoms with Gasteiger partial charge in [0.2, 0.25) is 0 Å². The Morgan fingerprint density at radius 3 is 2.67 bits per heavy atom. The number of benzene rings is 2. The molecule has 0 spiro atoms. The van der Waals surface area contributed by atoms with Crippen molar-refractivity contribution in [1.29, 1.82) is 0 Å². The van der Waals surface area contributed by atoms with E-state index in [1.807, 2.05) is 16.4 Å². The summed E-state index contributed by atoms with van der Waals surface area (Å²) in [5, 5.41) is 4.91. The van der Waals surface area contributed by atoms with Gasteiger partial charge in [0, 0.05) is 48.2 Å². The normalized spacial score (nSPS) is 16.3. The van der Waals surface area contributed by atoms with E-state index in [1.54, 1.807) is 13.4 Å². The Balaban J connectivity index is 1.63. The molecule has 1 unspecified atom stereocenters. The van der Waals surface area contributed by atoms with E-state index >= 15 is 0 Å². The van der Waals surface area contributed by atoms with Crippen LogP contribution in [0.4, 0.5) is 19.0 Å². The molecule has 6 nitrogen and oxygen atoms in total. The number of ether oxygens (including phenoxy) is 1. The summed E-state index contributed by atoms with van der Waals surface area (Å²) < 4.78 is 59.9. The number of rotatable bonds is 7. The van der Waals surface area contributed by atoms with Crippen LogP contribution in [0.3, 0.4) is 0 Å². The summed E-state index contributed by atoms with van der Waals surface area (Å²) in [5.74, 6) is 0.332. The molecule has 1 aromatic heterocycles. The molecular formula is C22H24F3N4O2PS. The lowest BCUT2D eigenvalue weighted by molar-refractivity contribution is 0.146. The summed E-state index contributed by atoms with van der Waals surface area (Å²) in [5.41, 5.74) is 0.187. The third-order valence-electron chi connectivity index (χ3n) is 5.67. The third-order valence-corrected chi connectivity index (χ3v) is 9.27. The maximum Gasteiger partial charge on any atom is 0.266 e. The molecule has 2 aromatic carbocycles. The number of hydrogen-bond donors (Lipinski definition) is 1. The van der Waals surface area contributed by atoms with Gasteiger partial charge in [-0.15, -0.1) is 0 Å². The van der Waals surface area contributed by atoms with Crippen LogP contribution >= 0.6 is 7.92 Å². The minimum atomic E-state index is -2.88. The molecule has 1 N–H and O–H groups in total. The van der Waals surface area contributed by atoms with E-state index in [2.05, 4.69) is 15.3 Å². The average molecular weight is 496 g/mol. The first kappa shape index (κ1) is 23.9. The summed E-state index contributed by atoms with van der Waals surface area (Å²) >= 11 is 0. The molecule has 33 heavy (non-hydrogen) atoms. The van der Waals surface area contributed by atoms with E-state index in [1.165, 1.54) is 18.5 Å². The van der Waals surface area contributed by atoms with Crippen molar-refractivity contribution in [3.8, 4) is 5.75 Å². The zero-order valence-electron chi connectivity index (χ0n) is 18.2. The van der Waals surface area contributed by atoms with Crippen LogP contribution in [-0.4, -0.2) is 57.3 Å². The predicted octanol–water partition coefficient (Wildman–Crippen LogP) is 4.04. The molecule has 1 aliphatic rings. The quantitative estimate of drug-likeness (QED) is 0.500. The summed E-state index contributed by atoms with van der Waals surface area (Å²) in [6.07, 6.45) is 2.02. The molecule has 1 atom stereocenters. The fourth-order valence-corrected chi connectivity index (χ4v) is 7.31. The average Bonchev–Trinajstić information content (AvgIpc) is 2.82. The van der Waals surface area contributed by atoms with Crippen molar-refractivity contribution in [2.45, 2.75) is 13.0 Å². The summed E-state index contributed by atoms with van der Waals surface area (Å²) in [7, 11) is 0.114. The molecule has 1 aliphatic heterocycles. The van der Waals surface area contributed by atoms with Crippen LogP contribution < -0.4 is 15.4 Å². The van der Waals surface area contributed by atoms with Crippen molar-refractivity contribution >= 4 is 40.9 Å². The zero-order valence-corrected chi connectivity index (χ0v) is 19.9. The number of aromatic nitrogens is 2. The van der Waals surface area contributed by atoms with Crippen LogP contribution in [0.5, 0.6) is 5.75 Å². The second kappa shape index (κ2) is 10.3. The third kappa shape index (κ3) is 5.13. The molecule has 1 fully saturated rings. The smallest absolute Gasteiger partial charge is 0.266 e. The molecule has 0 radical (unpaired) electrons. The highest BCUT2D eigenvalue weighted by Crippen LogP contribution is 2.42. The van der Waals surface area contributed by atoms with Gasteiger partial charge in [0.25, 0.3) is 6.43 Å². The molecule has 0 amide bonds. The van der Waals surface area contributed by atoms with Gasteiger partial charge in [-0.2, -0.15) is 0 Å². The number of nitrogens with one attached hydrogen (secondary N) is 1. The Bertz CT molecular complexity index is 1180. The lowest BCUT2D eigenvalue weighted by Gasteiger charge is -2.31. The number of anilines is 1. The topological polar surface area (TPSA) is 67.4 Å². The van der Waals surface area contributed by atoms with Crippen molar-refractivity contribution in [3.05, 3.63) is 53.6 Å². The van der Waals surface area contributed by atoms with E-state index in [0.29, 0.717) is 11.3 Å². The van der Waals surface area contributed by atoms with Crippen molar-refractivity contribution in [2.75, 3.05) is 44.1 Å². The van der Waals surface area contributed by atoms with E-state index in [-0.39, 0.29) is 12.1 Å². The molecule has 1 saturated heterocycles. The van der Waals surface area contributed by atoms with Crippen LogP contribution in [-0.2, 0) is 17.5 Å². The molecule has 11 heteroatoms. The fourth-order valence-electron chi connectivity index (χ4n) is 3.89. The van der Waals surface area contributed by atoms with Crippen molar-refractivity contribution in [3.63, 3.8) is 0 Å². The summed E-state index contributed by atoms with van der Waals surface area (Å²) in [6.45, 7) is 1.52. The Morgan fingerprint density at radius 1 is 1.24 bits per heavy atom. The van der Waals surface area contributed by atoms with Crippen molar-refractivity contribution in [2.24, 2.45) is 0 Å². The number of halogens is 3. The zero-order chi connectivity index (χ0) is 23.5.